The maximum absolute atomic E-state index is 12.4. The molecule has 0 aliphatic rings. The summed E-state index contributed by atoms with van der Waals surface area (Å²) in [5.74, 6) is -0.682. The summed E-state index contributed by atoms with van der Waals surface area (Å²) in [5, 5.41) is 8.92. The van der Waals surface area contributed by atoms with Crippen LogP contribution in [0, 0.1) is 11.3 Å². The lowest BCUT2D eigenvalue weighted by Crippen LogP contribution is -2.10. The molecular weight excluding hydrogens is 307 g/mol. The number of hydrogen-bond acceptors (Lipinski definition) is 5. The Kier molecular flexibility index (Phi) is 5.79. The van der Waals surface area contributed by atoms with E-state index in [2.05, 4.69) is 0 Å². The molecule has 112 valence electrons. The van der Waals surface area contributed by atoms with E-state index in [1.165, 1.54) is 0 Å². The van der Waals surface area contributed by atoms with E-state index in [1.54, 1.807) is 13.0 Å². The third-order valence-corrected chi connectivity index (χ3v) is 3.05. The zero-order chi connectivity index (χ0) is 16.0. The molecule has 1 aromatic carbocycles. The molecule has 0 heterocycles. The highest BCUT2D eigenvalue weighted by atomic mass is 32.2. The maximum Gasteiger partial charge on any atom is 0.446 e. The van der Waals surface area contributed by atoms with Crippen LogP contribution in [0.2, 0.25) is 0 Å². The standard InChI is InChI=1S/C13H10F3NO3S/c1-2-20-12(19)5-8-3-10(21-13(14,15)16)4-9(6-17)11(8)7-18/h3-4,7H,2,5H2,1H3. The smallest absolute Gasteiger partial charge is 0.446 e. The summed E-state index contributed by atoms with van der Waals surface area (Å²) in [7, 11) is 0. The van der Waals surface area contributed by atoms with E-state index < -0.39 is 23.2 Å². The number of hydrogen-bond donors (Lipinski definition) is 0. The van der Waals surface area contributed by atoms with Crippen molar-refractivity contribution in [1.82, 2.24) is 0 Å². The normalized spacial score (nSPS) is 10.8. The second kappa shape index (κ2) is 7.13. The van der Waals surface area contributed by atoms with Gasteiger partial charge in [0.15, 0.2) is 6.29 Å². The highest BCUT2D eigenvalue weighted by molar-refractivity contribution is 8.00. The van der Waals surface area contributed by atoms with Crippen molar-refractivity contribution >= 4 is 24.0 Å². The summed E-state index contributed by atoms with van der Waals surface area (Å²) in [6, 6.07) is 3.69. The number of ether oxygens (including phenoxy) is 1. The molecule has 0 unspecified atom stereocenters. The third kappa shape index (κ3) is 5.11. The number of thioether (sulfide) groups is 1. The van der Waals surface area contributed by atoms with E-state index in [0.29, 0.717) is 6.29 Å². The maximum atomic E-state index is 12.4. The number of carbonyl (C=O) groups excluding carboxylic acids is 2. The van der Waals surface area contributed by atoms with Gasteiger partial charge < -0.3 is 4.74 Å². The molecule has 0 spiro atoms. The fourth-order valence-corrected chi connectivity index (χ4v) is 2.27. The Labute approximate surface area is 122 Å². The van der Waals surface area contributed by atoms with Gasteiger partial charge in [-0.2, -0.15) is 18.4 Å². The Morgan fingerprint density at radius 1 is 1.48 bits per heavy atom. The van der Waals surface area contributed by atoms with Gasteiger partial charge in [-0.15, -0.1) is 0 Å². The van der Waals surface area contributed by atoms with Gasteiger partial charge in [0.2, 0.25) is 0 Å². The average Bonchev–Trinajstić information content (AvgIpc) is 2.36. The number of benzene rings is 1. The second-order valence-electron chi connectivity index (χ2n) is 3.80. The minimum atomic E-state index is -4.53. The van der Waals surface area contributed by atoms with Gasteiger partial charge in [-0.3, -0.25) is 9.59 Å². The van der Waals surface area contributed by atoms with Crippen LogP contribution in [0.4, 0.5) is 13.2 Å². The van der Waals surface area contributed by atoms with Gasteiger partial charge in [-0.1, -0.05) is 0 Å². The summed E-state index contributed by atoms with van der Waals surface area (Å²) in [4.78, 5) is 22.2. The number of alkyl halides is 3. The van der Waals surface area contributed by atoms with Crippen molar-refractivity contribution in [3.63, 3.8) is 0 Å². The molecule has 0 bridgehead atoms. The Hall–Kier alpha value is -2.01. The van der Waals surface area contributed by atoms with E-state index >= 15 is 0 Å². The quantitative estimate of drug-likeness (QED) is 0.474. The molecule has 0 saturated carbocycles. The number of nitrogens with zero attached hydrogens (tertiary/aromatic N) is 1. The third-order valence-electron chi connectivity index (χ3n) is 2.35. The molecule has 4 nitrogen and oxygen atoms in total. The average molecular weight is 317 g/mol. The molecule has 0 aliphatic heterocycles. The van der Waals surface area contributed by atoms with Crippen LogP contribution < -0.4 is 0 Å². The summed E-state index contributed by atoms with van der Waals surface area (Å²) in [6.45, 7) is 1.69. The highest BCUT2D eigenvalue weighted by Crippen LogP contribution is 2.38. The minimum Gasteiger partial charge on any atom is -0.466 e. The molecule has 8 heteroatoms. The topological polar surface area (TPSA) is 67.2 Å². The molecule has 0 aromatic heterocycles. The van der Waals surface area contributed by atoms with Crippen molar-refractivity contribution in [3.05, 3.63) is 28.8 Å². The van der Waals surface area contributed by atoms with Gasteiger partial charge in [0.25, 0.3) is 0 Å². The van der Waals surface area contributed by atoms with Crippen molar-refractivity contribution in [2.45, 2.75) is 23.7 Å². The predicted molar refractivity (Wildman–Crippen MR) is 68.8 cm³/mol. The van der Waals surface area contributed by atoms with E-state index in [4.69, 9.17) is 10.00 Å². The number of nitriles is 1. The van der Waals surface area contributed by atoms with Crippen molar-refractivity contribution in [2.24, 2.45) is 0 Å². The van der Waals surface area contributed by atoms with Gasteiger partial charge in [0.05, 0.1) is 24.7 Å². The second-order valence-corrected chi connectivity index (χ2v) is 4.94. The Balaban J connectivity index is 3.25. The van der Waals surface area contributed by atoms with Crippen LogP contribution in [0.3, 0.4) is 0 Å². The molecule has 0 N–H and O–H groups in total. The molecule has 0 fully saturated rings. The van der Waals surface area contributed by atoms with Crippen LogP contribution in [-0.4, -0.2) is 24.4 Å². The zero-order valence-electron chi connectivity index (χ0n) is 10.9. The Morgan fingerprint density at radius 3 is 2.62 bits per heavy atom. The summed E-state index contributed by atoms with van der Waals surface area (Å²) in [5.41, 5.74) is -4.80. The fourth-order valence-electron chi connectivity index (χ4n) is 1.62. The van der Waals surface area contributed by atoms with Crippen LogP contribution in [0.15, 0.2) is 17.0 Å². The summed E-state index contributed by atoms with van der Waals surface area (Å²) in [6.07, 6.45) is -0.0298. The molecule has 0 aliphatic carbocycles. The molecule has 0 amide bonds. The van der Waals surface area contributed by atoms with Gasteiger partial charge in [-0.25, -0.2) is 0 Å². The van der Waals surface area contributed by atoms with Crippen LogP contribution in [0.1, 0.15) is 28.4 Å². The van der Waals surface area contributed by atoms with Crippen LogP contribution in [0.5, 0.6) is 0 Å². The van der Waals surface area contributed by atoms with Crippen molar-refractivity contribution in [1.29, 1.82) is 5.26 Å². The lowest BCUT2D eigenvalue weighted by atomic mass is 10.0. The van der Waals surface area contributed by atoms with E-state index in [1.807, 2.05) is 0 Å². The van der Waals surface area contributed by atoms with Crippen LogP contribution in [-0.2, 0) is 16.0 Å². The van der Waals surface area contributed by atoms with Gasteiger partial charge in [0, 0.05) is 10.5 Å². The van der Waals surface area contributed by atoms with E-state index in [0.717, 1.165) is 12.1 Å². The number of rotatable bonds is 5. The molecule has 1 aromatic rings. The minimum absolute atomic E-state index is 0.0363. The molecule has 0 atom stereocenters. The lowest BCUT2D eigenvalue weighted by Gasteiger charge is -2.11. The molecule has 0 radical (unpaired) electrons. The molecular formula is C13H10F3NO3S. The van der Waals surface area contributed by atoms with Crippen molar-refractivity contribution in [2.75, 3.05) is 6.61 Å². The van der Waals surface area contributed by atoms with Gasteiger partial charge in [0.1, 0.15) is 0 Å². The van der Waals surface area contributed by atoms with Crippen LogP contribution >= 0.6 is 11.8 Å². The number of halogens is 3. The monoisotopic (exact) mass is 317 g/mol. The first kappa shape index (κ1) is 17.0. The first-order valence-electron chi connectivity index (χ1n) is 5.74. The van der Waals surface area contributed by atoms with E-state index in [-0.39, 0.29) is 34.6 Å². The fraction of sp³-hybridized carbons (Fsp3) is 0.308. The summed E-state index contributed by atoms with van der Waals surface area (Å²) < 4.78 is 41.9. The van der Waals surface area contributed by atoms with Gasteiger partial charge >= 0.3 is 11.5 Å². The first-order valence-corrected chi connectivity index (χ1v) is 6.56. The van der Waals surface area contributed by atoms with Crippen molar-refractivity contribution in [3.8, 4) is 6.07 Å². The summed E-state index contributed by atoms with van der Waals surface area (Å²) >= 11 is -0.415. The van der Waals surface area contributed by atoms with Crippen LogP contribution in [0.25, 0.3) is 0 Å². The number of esters is 1. The Bertz CT molecular complexity index is 594. The predicted octanol–water partition coefficient (Wildman–Crippen LogP) is 3.09. The highest BCUT2D eigenvalue weighted by Gasteiger charge is 2.30. The largest absolute Gasteiger partial charge is 0.466 e. The Morgan fingerprint density at radius 2 is 2.14 bits per heavy atom. The van der Waals surface area contributed by atoms with E-state index in [9.17, 15) is 22.8 Å². The first-order chi connectivity index (χ1) is 9.80. The number of aldehydes is 1. The zero-order valence-corrected chi connectivity index (χ0v) is 11.7. The SMILES string of the molecule is CCOC(=O)Cc1cc(SC(F)(F)F)cc(C#N)c1C=O. The molecule has 0 saturated heterocycles. The van der Waals surface area contributed by atoms with Gasteiger partial charge in [-0.05, 0) is 36.4 Å². The lowest BCUT2D eigenvalue weighted by molar-refractivity contribution is -0.142. The van der Waals surface area contributed by atoms with Crippen molar-refractivity contribution < 1.29 is 27.5 Å². The number of carbonyl (C=O) groups is 2. The molecule has 1 rings (SSSR count). The molecule has 21 heavy (non-hydrogen) atoms.